The number of aliphatic imine (C=N–C) groups is 1. The molecule has 0 amide bonds. The molecule has 0 aliphatic heterocycles. The first-order valence-electron chi connectivity index (χ1n) is 13.3. The fourth-order valence-electron chi connectivity index (χ4n) is 4.54. The Hall–Kier alpha value is -4.26. The minimum absolute atomic E-state index is 0.255. The van der Waals surface area contributed by atoms with Crippen molar-refractivity contribution in [2.75, 3.05) is 0 Å². The minimum atomic E-state index is -0.740. The maximum absolute atomic E-state index is 13.3. The molecule has 0 saturated heterocycles. The highest BCUT2D eigenvalue weighted by Gasteiger charge is 2.26. The Morgan fingerprint density at radius 2 is 1.41 bits per heavy atom. The molecule has 4 aromatic rings. The number of rotatable bonds is 9. The number of fused-ring (bicyclic) bond motifs is 1. The molecule has 4 rings (SSSR count). The third-order valence-corrected chi connectivity index (χ3v) is 6.43. The van der Waals surface area contributed by atoms with Gasteiger partial charge in [0.05, 0.1) is 16.6 Å². The van der Waals surface area contributed by atoms with E-state index >= 15 is 0 Å². The fourth-order valence-corrected chi connectivity index (χ4v) is 4.54. The second kappa shape index (κ2) is 12.1. The van der Waals surface area contributed by atoms with Crippen molar-refractivity contribution in [2.45, 2.75) is 58.2 Å². The van der Waals surface area contributed by atoms with Crippen molar-refractivity contribution in [3.8, 4) is 0 Å². The number of esters is 1. The summed E-state index contributed by atoms with van der Waals surface area (Å²) < 4.78 is 8.50. The number of benzene rings is 3. The predicted molar refractivity (Wildman–Crippen MR) is 155 cm³/mol. The third-order valence-electron chi connectivity index (χ3n) is 6.43. The zero-order chi connectivity index (χ0) is 28.0. The van der Waals surface area contributed by atoms with E-state index < -0.39 is 17.6 Å². The number of aromatic nitrogens is 2. The molecule has 39 heavy (non-hydrogen) atoms. The molecule has 7 heteroatoms. The highest BCUT2D eigenvalue weighted by molar-refractivity contribution is 6.13. The number of aryl methyl sites for hydroxylation is 1. The average Bonchev–Trinajstić information content (AvgIpc) is 2.93. The largest absolute Gasteiger partial charge is 0.458 e. The highest BCUT2D eigenvalue weighted by atomic mass is 16.6. The van der Waals surface area contributed by atoms with Crippen LogP contribution in [0.2, 0.25) is 0 Å². The maximum atomic E-state index is 13.3. The van der Waals surface area contributed by atoms with Crippen LogP contribution < -0.4 is 11.2 Å². The molecule has 202 valence electrons. The van der Waals surface area contributed by atoms with E-state index in [-0.39, 0.29) is 17.8 Å². The first kappa shape index (κ1) is 27.8. The Bertz CT molecular complexity index is 1540. The topological polar surface area (TPSA) is 82.7 Å². The molecule has 0 bridgehead atoms. The van der Waals surface area contributed by atoms with Crippen molar-refractivity contribution in [2.24, 2.45) is 12.0 Å². The van der Waals surface area contributed by atoms with Crippen molar-refractivity contribution in [3.63, 3.8) is 0 Å². The van der Waals surface area contributed by atoms with Crippen LogP contribution in [0.3, 0.4) is 0 Å². The second-order valence-electron chi connectivity index (χ2n) is 10.6. The van der Waals surface area contributed by atoms with Crippen LogP contribution in [0.25, 0.3) is 10.9 Å². The summed E-state index contributed by atoms with van der Waals surface area (Å²) in [6.45, 7) is 5.76. The average molecular weight is 526 g/mol. The van der Waals surface area contributed by atoms with Crippen molar-refractivity contribution in [1.82, 2.24) is 9.13 Å². The summed E-state index contributed by atoms with van der Waals surface area (Å²) in [6, 6.07) is 25.9. The Labute approximate surface area is 228 Å². The van der Waals surface area contributed by atoms with E-state index in [2.05, 4.69) is 0 Å². The lowest BCUT2D eigenvalue weighted by Crippen LogP contribution is -2.39. The van der Waals surface area contributed by atoms with Gasteiger partial charge in [-0.3, -0.25) is 18.9 Å². The van der Waals surface area contributed by atoms with Crippen molar-refractivity contribution < 1.29 is 9.53 Å². The normalized spacial score (nSPS) is 12.2. The molecule has 0 spiro atoms. The molecule has 1 aromatic heterocycles. The van der Waals surface area contributed by atoms with Gasteiger partial charge in [0.15, 0.2) is 0 Å². The van der Waals surface area contributed by atoms with Crippen molar-refractivity contribution in [3.05, 3.63) is 117 Å². The molecule has 0 N–H and O–H groups in total. The van der Waals surface area contributed by atoms with Gasteiger partial charge < -0.3 is 4.74 Å². The molecule has 3 aromatic carbocycles. The smallest absolute Gasteiger partial charge is 0.331 e. The van der Waals surface area contributed by atoms with Crippen LogP contribution in [0.1, 0.15) is 51.2 Å². The van der Waals surface area contributed by atoms with Gasteiger partial charge in [0.25, 0.3) is 5.56 Å². The van der Waals surface area contributed by atoms with Gasteiger partial charge in [-0.25, -0.2) is 9.59 Å². The number of ether oxygens (including phenoxy) is 1. The molecule has 1 unspecified atom stereocenters. The molecule has 0 aliphatic rings. The Morgan fingerprint density at radius 1 is 0.846 bits per heavy atom. The lowest BCUT2D eigenvalue weighted by molar-refractivity contribution is -0.156. The standard InChI is InChI=1S/C32H35N3O4/c1-32(2,3)39-30(37)26(33-28(23-15-7-5-8-16-23)24-17-9-6-10-18-24)20-13-14-22-35-29(36)25-19-11-12-21-27(25)34(4)31(35)38/h5-12,15-19,21,26H,13-14,20,22H2,1-4H3. The molecule has 0 aliphatic carbocycles. The fraction of sp³-hybridized carbons (Fsp3) is 0.312. The molecule has 0 fully saturated rings. The SMILES string of the molecule is Cn1c(=O)n(CCCCC(N=C(c2ccccc2)c2ccccc2)C(=O)OC(C)(C)C)c(=O)c2ccccc21. The van der Waals surface area contributed by atoms with Gasteiger partial charge in [-0.2, -0.15) is 0 Å². The lowest BCUT2D eigenvalue weighted by Gasteiger charge is -2.23. The first-order chi connectivity index (χ1) is 18.7. The summed E-state index contributed by atoms with van der Waals surface area (Å²) in [6.07, 6.45) is 1.53. The number of carbonyl (C=O) groups is 1. The molecule has 7 nitrogen and oxygen atoms in total. The van der Waals surface area contributed by atoms with Gasteiger partial charge in [-0.05, 0) is 52.2 Å². The van der Waals surface area contributed by atoms with Crippen LogP contribution in [0, 0.1) is 0 Å². The van der Waals surface area contributed by atoms with Crippen LogP contribution in [0.15, 0.2) is 99.5 Å². The summed E-state index contributed by atoms with van der Waals surface area (Å²) in [5.74, 6) is -0.398. The predicted octanol–water partition coefficient (Wildman–Crippen LogP) is 5.12. The lowest BCUT2D eigenvalue weighted by atomic mass is 10.0. The zero-order valence-corrected chi connectivity index (χ0v) is 23.0. The summed E-state index contributed by atoms with van der Waals surface area (Å²) in [5, 5.41) is 0.506. The van der Waals surface area contributed by atoms with Crippen molar-refractivity contribution >= 4 is 22.6 Å². The molecule has 0 saturated carbocycles. The number of unbranched alkanes of at least 4 members (excludes halogenated alkanes) is 1. The Kier molecular flexibility index (Phi) is 8.59. The van der Waals surface area contributed by atoms with Gasteiger partial charge in [-0.1, -0.05) is 72.8 Å². The van der Waals surface area contributed by atoms with E-state index in [9.17, 15) is 14.4 Å². The van der Waals surface area contributed by atoms with E-state index in [1.54, 1.807) is 25.2 Å². The van der Waals surface area contributed by atoms with Crippen LogP contribution in [-0.4, -0.2) is 32.5 Å². The number of nitrogens with zero attached hydrogens (tertiary/aromatic N) is 3. The highest BCUT2D eigenvalue weighted by Crippen LogP contribution is 2.18. The van der Waals surface area contributed by atoms with E-state index in [1.165, 1.54) is 9.13 Å². The van der Waals surface area contributed by atoms with E-state index in [0.29, 0.717) is 35.9 Å². The quantitative estimate of drug-likeness (QED) is 0.173. The molecule has 1 heterocycles. The minimum Gasteiger partial charge on any atom is -0.458 e. The van der Waals surface area contributed by atoms with Gasteiger partial charge in [0.2, 0.25) is 0 Å². The van der Waals surface area contributed by atoms with Gasteiger partial charge in [0.1, 0.15) is 11.6 Å². The third kappa shape index (κ3) is 6.79. The van der Waals surface area contributed by atoms with Crippen LogP contribution in [0.4, 0.5) is 0 Å². The number of hydrogen-bond acceptors (Lipinski definition) is 5. The maximum Gasteiger partial charge on any atom is 0.331 e. The summed E-state index contributed by atoms with van der Waals surface area (Å²) in [5.41, 5.74) is 1.83. The molecule has 0 radical (unpaired) electrons. The molecular formula is C32H35N3O4. The zero-order valence-electron chi connectivity index (χ0n) is 23.0. The Morgan fingerprint density at radius 3 is 2.00 bits per heavy atom. The van der Waals surface area contributed by atoms with Crippen molar-refractivity contribution in [1.29, 1.82) is 0 Å². The summed E-state index contributed by atoms with van der Waals surface area (Å²) in [7, 11) is 1.67. The van der Waals surface area contributed by atoms with Crippen LogP contribution in [0.5, 0.6) is 0 Å². The van der Waals surface area contributed by atoms with Gasteiger partial charge >= 0.3 is 11.7 Å². The Balaban J connectivity index is 1.60. The van der Waals surface area contributed by atoms with E-state index in [1.807, 2.05) is 87.5 Å². The molecule has 1 atom stereocenters. The van der Waals surface area contributed by atoms with Crippen LogP contribution >= 0.6 is 0 Å². The number of hydrogen-bond donors (Lipinski definition) is 0. The van der Waals surface area contributed by atoms with E-state index in [0.717, 1.165) is 11.1 Å². The second-order valence-corrected chi connectivity index (χ2v) is 10.6. The number of para-hydroxylation sites is 1. The van der Waals surface area contributed by atoms with Gasteiger partial charge in [-0.15, -0.1) is 0 Å². The monoisotopic (exact) mass is 525 g/mol. The molecular weight excluding hydrogens is 490 g/mol. The number of carbonyl (C=O) groups excluding carboxylic acids is 1. The first-order valence-corrected chi connectivity index (χ1v) is 13.3. The summed E-state index contributed by atoms with van der Waals surface area (Å²) in [4.78, 5) is 44.1. The van der Waals surface area contributed by atoms with Crippen LogP contribution in [-0.2, 0) is 23.1 Å². The summed E-state index contributed by atoms with van der Waals surface area (Å²) >= 11 is 0. The van der Waals surface area contributed by atoms with E-state index in [4.69, 9.17) is 9.73 Å². The van der Waals surface area contributed by atoms with Gasteiger partial charge in [0, 0.05) is 24.7 Å².